The number of hydrogen-bond donors (Lipinski definition) is 2. The van der Waals surface area contributed by atoms with Gasteiger partial charge in [-0.2, -0.15) is 0 Å². The molecule has 1 aliphatic rings. The van der Waals surface area contributed by atoms with Gasteiger partial charge in [-0.1, -0.05) is 44.5 Å². The number of amides is 2. The van der Waals surface area contributed by atoms with Gasteiger partial charge in [-0.25, -0.2) is 0 Å². The van der Waals surface area contributed by atoms with Crippen LogP contribution in [-0.2, 0) is 4.79 Å². The number of halogens is 1. The van der Waals surface area contributed by atoms with E-state index in [0.717, 1.165) is 25.7 Å². The Balaban J connectivity index is 2.06. The van der Waals surface area contributed by atoms with Crippen LogP contribution in [0.2, 0.25) is 5.02 Å². The Kier molecular flexibility index (Phi) is 6.50. The van der Waals surface area contributed by atoms with Crippen LogP contribution in [0.15, 0.2) is 24.3 Å². The maximum absolute atomic E-state index is 12.8. The van der Waals surface area contributed by atoms with Crippen LogP contribution < -0.4 is 10.6 Å². The second kappa shape index (κ2) is 8.22. The van der Waals surface area contributed by atoms with Crippen LogP contribution in [0, 0.1) is 11.8 Å². The van der Waals surface area contributed by atoms with E-state index in [-0.39, 0.29) is 23.3 Å². The van der Waals surface area contributed by atoms with Crippen molar-refractivity contribution >= 4 is 23.4 Å². The summed E-state index contributed by atoms with van der Waals surface area (Å²) in [6.07, 6.45) is 4.19. The highest BCUT2D eigenvalue weighted by Crippen LogP contribution is 2.31. The topological polar surface area (TPSA) is 58.2 Å². The molecule has 1 atom stereocenters. The van der Waals surface area contributed by atoms with Crippen molar-refractivity contribution in [3.8, 4) is 0 Å². The van der Waals surface area contributed by atoms with E-state index < -0.39 is 6.04 Å². The monoisotopic (exact) mass is 364 g/mol. The van der Waals surface area contributed by atoms with Crippen LogP contribution >= 0.6 is 11.6 Å². The fourth-order valence-electron chi connectivity index (χ4n) is 3.30. The van der Waals surface area contributed by atoms with E-state index in [4.69, 9.17) is 11.6 Å². The Bertz CT molecular complexity index is 622. The van der Waals surface area contributed by atoms with Gasteiger partial charge in [0.05, 0.1) is 10.6 Å². The standard InChI is InChI=1S/C20H29ClN2O2/c1-13(2)17(22-18(24)15-7-5-6-8-16(15)21)19(25)23-20(4)11-9-14(3)10-12-20/h5-8,13-14,17H,9-12H2,1-4H3,(H,22,24)(H,23,25). The Labute approximate surface area is 155 Å². The molecule has 1 fully saturated rings. The van der Waals surface area contributed by atoms with E-state index in [1.165, 1.54) is 0 Å². The first-order valence-electron chi connectivity index (χ1n) is 9.09. The predicted octanol–water partition coefficient (Wildman–Crippen LogP) is 4.18. The van der Waals surface area contributed by atoms with Gasteiger partial charge in [-0.05, 0) is 56.6 Å². The zero-order valence-corrected chi connectivity index (χ0v) is 16.3. The average Bonchev–Trinajstić information content (AvgIpc) is 2.55. The fourth-order valence-corrected chi connectivity index (χ4v) is 3.52. The van der Waals surface area contributed by atoms with Gasteiger partial charge in [0.15, 0.2) is 0 Å². The number of rotatable bonds is 5. The normalized spacial score (nSPS) is 24.6. The van der Waals surface area contributed by atoms with Crippen molar-refractivity contribution in [3.05, 3.63) is 34.9 Å². The van der Waals surface area contributed by atoms with Crippen molar-refractivity contribution in [2.45, 2.75) is 65.0 Å². The molecule has 0 radical (unpaired) electrons. The van der Waals surface area contributed by atoms with Crippen LogP contribution in [0.1, 0.15) is 63.7 Å². The molecule has 25 heavy (non-hydrogen) atoms. The molecule has 0 saturated heterocycles. The molecule has 138 valence electrons. The number of carbonyl (C=O) groups is 2. The molecule has 0 aliphatic heterocycles. The molecule has 1 aromatic carbocycles. The van der Waals surface area contributed by atoms with E-state index in [1.54, 1.807) is 24.3 Å². The van der Waals surface area contributed by atoms with Crippen LogP contribution in [0.3, 0.4) is 0 Å². The summed E-state index contributed by atoms with van der Waals surface area (Å²) in [5, 5.41) is 6.42. The van der Waals surface area contributed by atoms with Gasteiger partial charge in [-0.15, -0.1) is 0 Å². The largest absolute Gasteiger partial charge is 0.349 e. The first-order valence-corrected chi connectivity index (χ1v) is 9.47. The van der Waals surface area contributed by atoms with Crippen molar-refractivity contribution in [2.24, 2.45) is 11.8 Å². The highest BCUT2D eigenvalue weighted by Gasteiger charge is 2.34. The second-order valence-electron chi connectivity index (χ2n) is 7.91. The van der Waals surface area contributed by atoms with E-state index in [9.17, 15) is 9.59 Å². The molecule has 0 aromatic heterocycles. The molecule has 2 rings (SSSR count). The first kappa shape index (κ1) is 19.8. The fraction of sp³-hybridized carbons (Fsp3) is 0.600. The van der Waals surface area contributed by atoms with Gasteiger partial charge in [0.1, 0.15) is 6.04 Å². The molecule has 1 aliphatic carbocycles. The molecule has 4 nitrogen and oxygen atoms in total. The lowest BCUT2D eigenvalue weighted by atomic mass is 9.78. The SMILES string of the molecule is CC1CCC(C)(NC(=O)C(NC(=O)c2ccccc2Cl)C(C)C)CC1. The van der Waals surface area contributed by atoms with Crippen molar-refractivity contribution < 1.29 is 9.59 Å². The maximum atomic E-state index is 12.8. The third-order valence-electron chi connectivity index (χ3n) is 5.16. The maximum Gasteiger partial charge on any atom is 0.253 e. The summed E-state index contributed by atoms with van der Waals surface area (Å²) >= 11 is 6.09. The number of hydrogen-bond acceptors (Lipinski definition) is 2. The van der Waals surface area contributed by atoms with Crippen LogP contribution in [0.4, 0.5) is 0 Å². The third-order valence-corrected chi connectivity index (χ3v) is 5.49. The number of nitrogens with one attached hydrogen (secondary N) is 2. The molecule has 5 heteroatoms. The van der Waals surface area contributed by atoms with Crippen molar-refractivity contribution in [3.63, 3.8) is 0 Å². The zero-order chi connectivity index (χ0) is 18.6. The minimum absolute atomic E-state index is 0.0162. The average molecular weight is 365 g/mol. The zero-order valence-electron chi connectivity index (χ0n) is 15.6. The van der Waals surface area contributed by atoms with E-state index in [2.05, 4.69) is 24.5 Å². The first-order chi connectivity index (χ1) is 11.7. The Hall–Kier alpha value is -1.55. The van der Waals surface area contributed by atoms with Crippen molar-refractivity contribution in [1.82, 2.24) is 10.6 Å². The Morgan fingerprint density at radius 2 is 1.80 bits per heavy atom. The highest BCUT2D eigenvalue weighted by molar-refractivity contribution is 6.33. The molecule has 0 bridgehead atoms. The molecule has 2 N–H and O–H groups in total. The van der Waals surface area contributed by atoms with E-state index >= 15 is 0 Å². The van der Waals surface area contributed by atoms with Crippen molar-refractivity contribution in [2.75, 3.05) is 0 Å². The molecule has 0 spiro atoms. The summed E-state index contributed by atoms with van der Waals surface area (Å²) in [6, 6.07) is 6.29. The summed E-state index contributed by atoms with van der Waals surface area (Å²) < 4.78 is 0. The Morgan fingerprint density at radius 1 is 1.20 bits per heavy atom. The molecule has 1 unspecified atom stereocenters. The van der Waals surface area contributed by atoms with Gasteiger partial charge in [-0.3, -0.25) is 9.59 Å². The number of carbonyl (C=O) groups excluding carboxylic acids is 2. The smallest absolute Gasteiger partial charge is 0.253 e. The predicted molar refractivity (Wildman–Crippen MR) is 102 cm³/mol. The van der Waals surface area contributed by atoms with Crippen LogP contribution in [0.5, 0.6) is 0 Å². The highest BCUT2D eigenvalue weighted by atomic mass is 35.5. The second-order valence-corrected chi connectivity index (χ2v) is 8.31. The van der Waals surface area contributed by atoms with Gasteiger partial charge < -0.3 is 10.6 Å². The number of benzene rings is 1. The molecular formula is C20H29ClN2O2. The molecular weight excluding hydrogens is 336 g/mol. The minimum atomic E-state index is -0.583. The van der Waals surface area contributed by atoms with E-state index in [0.29, 0.717) is 16.5 Å². The molecule has 0 heterocycles. The minimum Gasteiger partial charge on any atom is -0.349 e. The third kappa shape index (κ3) is 5.21. The van der Waals surface area contributed by atoms with Gasteiger partial charge in [0, 0.05) is 5.54 Å². The summed E-state index contributed by atoms with van der Waals surface area (Å²) in [6.45, 7) is 8.22. The summed E-state index contributed by atoms with van der Waals surface area (Å²) in [7, 11) is 0. The van der Waals surface area contributed by atoms with Gasteiger partial charge in [0.2, 0.25) is 5.91 Å². The summed E-state index contributed by atoms with van der Waals surface area (Å²) in [4.78, 5) is 25.4. The molecule has 1 saturated carbocycles. The van der Waals surface area contributed by atoms with Gasteiger partial charge >= 0.3 is 0 Å². The Morgan fingerprint density at radius 3 is 2.36 bits per heavy atom. The van der Waals surface area contributed by atoms with Crippen LogP contribution in [0.25, 0.3) is 0 Å². The lowest BCUT2D eigenvalue weighted by Crippen LogP contribution is -2.56. The van der Waals surface area contributed by atoms with Crippen LogP contribution in [-0.4, -0.2) is 23.4 Å². The van der Waals surface area contributed by atoms with Gasteiger partial charge in [0.25, 0.3) is 5.91 Å². The quantitative estimate of drug-likeness (QED) is 0.823. The molecule has 2 amide bonds. The van der Waals surface area contributed by atoms with Crippen molar-refractivity contribution in [1.29, 1.82) is 0 Å². The lowest BCUT2D eigenvalue weighted by molar-refractivity contribution is -0.126. The van der Waals surface area contributed by atoms with E-state index in [1.807, 2.05) is 13.8 Å². The molecule has 1 aromatic rings. The summed E-state index contributed by atoms with van der Waals surface area (Å²) in [5.74, 6) is 0.262. The lowest BCUT2D eigenvalue weighted by Gasteiger charge is -2.38. The summed E-state index contributed by atoms with van der Waals surface area (Å²) in [5.41, 5.74) is 0.201.